The van der Waals surface area contributed by atoms with Gasteiger partial charge in [0, 0.05) is 11.8 Å². The highest BCUT2D eigenvalue weighted by Gasteiger charge is 2.32. The van der Waals surface area contributed by atoms with E-state index in [1.165, 1.54) is 0 Å². The Bertz CT molecular complexity index is 898. The van der Waals surface area contributed by atoms with Crippen LogP contribution in [0.15, 0.2) is 30.3 Å². The number of hydrogen-bond donors (Lipinski definition) is 2. The molecule has 1 atom stereocenters. The molecule has 30 heavy (non-hydrogen) atoms. The lowest BCUT2D eigenvalue weighted by Gasteiger charge is -2.25. The molecule has 8 heteroatoms. The third kappa shape index (κ3) is 5.18. The van der Waals surface area contributed by atoms with Crippen molar-refractivity contribution in [3.05, 3.63) is 36.0 Å². The van der Waals surface area contributed by atoms with Gasteiger partial charge in [-0.2, -0.15) is 5.10 Å². The van der Waals surface area contributed by atoms with E-state index in [1.54, 1.807) is 31.4 Å². The standard InChI is InChI=1S/C22H31N5O3/c1-15-13-19(27(25-15)22(2,3)4)24-20(28)14-26-12-6-7-18(26)21(29)23-16-8-10-17(30-5)11-9-16/h8-11,13,18H,6-7,12,14H2,1-5H3,(H,23,29)(H,24,28). The van der Waals surface area contributed by atoms with Gasteiger partial charge in [0.15, 0.2) is 0 Å². The molecule has 3 rings (SSSR count). The highest BCUT2D eigenvalue weighted by Crippen LogP contribution is 2.23. The summed E-state index contributed by atoms with van der Waals surface area (Å²) in [6.45, 7) is 8.89. The first kappa shape index (κ1) is 21.8. The SMILES string of the molecule is COc1ccc(NC(=O)C2CCCN2CC(=O)Nc2cc(C)nn2C(C)(C)C)cc1. The summed E-state index contributed by atoms with van der Waals surface area (Å²) in [5.74, 6) is 1.16. The Morgan fingerprint density at radius 2 is 1.90 bits per heavy atom. The van der Waals surface area contributed by atoms with Gasteiger partial charge in [-0.25, -0.2) is 4.68 Å². The van der Waals surface area contributed by atoms with Crippen molar-refractivity contribution in [2.75, 3.05) is 30.8 Å². The summed E-state index contributed by atoms with van der Waals surface area (Å²) >= 11 is 0. The lowest BCUT2D eigenvalue weighted by atomic mass is 10.1. The van der Waals surface area contributed by atoms with Crippen LogP contribution in [0.1, 0.15) is 39.3 Å². The van der Waals surface area contributed by atoms with E-state index in [4.69, 9.17) is 4.74 Å². The van der Waals surface area contributed by atoms with Crippen LogP contribution < -0.4 is 15.4 Å². The number of nitrogens with one attached hydrogen (secondary N) is 2. The first-order valence-corrected chi connectivity index (χ1v) is 10.2. The molecule has 1 aliphatic heterocycles. The second-order valence-corrected chi connectivity index (χ2v) is 8.65. The Morgan fingerprint density at radius 3 is 2.53 bits per heavy atom. The third-order valence-electron chi connectivity index (χ3n) is 5.10. The van der Waals surface area contributed by atoms with Crippen LogP contribution in [-0.4, -0.2) is 52.7 Å². The number of aryl methyl sites for hydroxylation is 1. The normalized spacial score (nSPS) is 17.0. The molecule has 1 fully saturated rings. The van der Waals surface area contributed by atoms with Crippen molar-refractivity contribution in [1.82, 2.24) is 14.7 Å². The first-order chi connectivity index (χ1) is 14.2. The Labute approximate surface area is 177 Å². The number of amides is 2. The number of carbonyl (C=O) groups excluding carboxylic acids is 2. The maximum atomic E-state index is 12.8. The third-order valence-corrected chi connectivity index (χ3v) is 5.10. The minimum absolute atomic E-state index is 0.0963. The Kier molecular flexibility index (Phi) is 6.45. The number of aromatic nitrogens is 2. The van der Waals surface area contributed by atoms with Crippen molar-refractivity contribution in [2.45, 2.75) is 52.1 Å². The van der Waals surface area contributed by atoms with Gasteiger partial charge < -0.3 is 15.4 Å². The second-order valence-electron chi connectivity index (χ2n) is 8.65. The van der Waals surface area contributed by atoms with E-state index in [0.717, 1.165) is 24.3 Å². The molecule has 2 amide bonds. The van der Waals surface area contributed by atoms with Crippen LogP contribution in [0.25, 0.3) is 0 Å². The van der Waals surface area contributed by atoms with Crippen LogP contribution in [0, 0.1) is 6.92 Å². The Morgan fingerprint density at radius 1 is 1.20 bits per heavy atom. The maximum absolute atomic E-state index is 12.8. The molecule has 1 unspecified atom stereocenters. The van der Waals surface area contributed by atoms with E-state index in [9.17, 15) is 9.59 Å². The van der Waals surface area contributed by atoms with Crippen LogP contribution in [-0.2, 0) is 15.1 Å². The summed E-state index contributed by atoms with van der Waals surface area (Å²) in [6.07, 6.45) is 1.61. The molecule has 8 nitrogen and oxygen atoms in total. The molecular formula is C22H31N5O3. The van der Waals surface area contributed by atoms with Crippen LogP contribution in [0.4, 0.5) is 11.5 Å². The van der Waals surface area contributed by atoms with E-state index >= 15 is 0 Å². The minimum Gasteiger partial charge on any atom is -0.497 e. The van der Waals surface area contributed by atoms with Gasteiger partial charge >= 0.3 is 0 Å². The number of methoxy groups -OCH3 is 1. The van der Waals surface area contributed by atoms with Crippen LogP contribution >= 0.6 is 0 Å². The molecule has 0 saturated carbocycles. The molecule has 0 radical (unpaired) electrons. The molecule has 1 aromatic heterocycles. The summed E-state index contributed by atoms with van der Waals surface area (Å²) in [6, 6.07) is 8.75. The van der Waals surface area contributed by atoms with Crippen LogP contribution in [0.2, 0.25) is 0 Å². The van der Waals surface area contributed by atoms with Crippen molar-refractivity contribution >= 4 is 23.3 Å². The van der Waals surface area contributed by atoms with Gasteiger partial charge in [0.2, 0.25) is 11.8 Å². The predicted octanol–water partition coefficient (Wildman–Crippen LogP) is 3.00. The zero-order chi connectivity index (χ0) is 21.9. The number of carbonyl (C=O) groups is 2. The topological polar surface area (TPSA) is 88.5 Å². The number of ether oxygens (including phenoxy) is 1. The minimum atomic E-state index is -0.327. The zero-order valence-electron chi connectivity index (χ0n) is 18.4. The van der Waals surface area contributed by atoms with Crippen LogP contribution in [0.3, 0.4) is 0 Å². The smallest absolute Gasteiger partial charge is 0.241 e. The second kappa shape index (κ2) is 8.87. The molecule has 2 N–H and O–H groups in total. The van der Waals surface area contributed by atoms with Gasteiger partial charge in [-0.05, 0) is 71.3 Å². The first-order valence-electron chi connectivity index (χ1n) is 10.2. The van der Waals surface area contributed by atoms with E-state index in [0.29, 0.717) is 18.1 Å². The molecule has 1 saturated heterocycles. The van der Waals surface area contributed by atoms with Crippen molar-refractivity contribution in [2.24, 2.45) is 0 Å². The quantitative estimate of drug-likeness (QED) is 0.760. The number of benzene rings is 1. The van der Waals surface area contributed by atoms with E-state index < -0.39 is 0 Å². The molecular weight excluding hydrogens is 382 g/mol. The number of rotatable bonds is 6. The number of likely N-dealkylation sites (tertiary alicyclic amines) is 1. The largest absolute Gasteiger partial charge is 0.497 e. The number of nitrogens with zero attached hydrogens (tertiary/aromatic N) is 3. The van der Waals surface area contributed by atoms with Gasteiger partial charge in [-0.15, -0.1) is 0 Å². The highest BCUT2D eigenvalue weighted by atomic mass is 16.5. The summed E-state index contributed by atoms with van der Waals surface area (Å²) in [5.41, 5.74) is 1.31. The maximum Gasteiger partial charge on any atom is 0.241 e. The lowest BCUT2D eigenvalue weighted by Crippen LogP contribution is -2.43. The molecule has 0 spiro atoms. The molecule has 1 aliphatic rings. The summed E-state index contributed by atoms with van der Waals surface area (Å²) in [7, 11) is 1.60. The molecule has 0 bridgehead atoms. The fourth-order valence-electron chi connectivity index (χ4n) is 3.68. The highest BCUT2D eigenvalue weighted by molar-refractivity contribution is 5.96. The summed E-state index contributed by atoms with van der Waals surface area (Å²) in [4.78, 5) is 27.4. The summed E-state index contributed by atoms with van der Waals surface area (Å²) in [5, 5.41) is 10.4. The molecule has 1 aromatic carbocycles. The zero-order valence-corrected chi connectivity index (χ0v) is 18.4. The van der Waals surface area contributed by atoms with E-state index in [1.807, 2.05) is 43.3 Å². The van der Waals surface area contributed by atoms with Crippen molar-refractivity contribution in [3.8, 4) is 5.75 Å². The van der Waals surface area contributed by atoms with Gasteiger partial charge in [0.05, 0.1) is 30.9 Å². The molecule has 2 aromatic rings. The average Bonchev–Trinajstić information content (AvgIpc) is 3.28. The van der Waals surface area contributed by atoms with Gasteiger partial charge in [-0.1, -0.05) is 0 Å². The fourth-order valence-corrected chi connectivity index (χ4v) is 3.68. The monoisotopic (exact) mass is 413 g/mol. The molecule has 2 heterocycles. The van der Waals surface area contributed by atoms with E-state index in [2.05, 4.69) is 15.7 Å². The number of hydrogen-bond acceptors (Lipinski definition) is 5. The number of anilines is 2. The van der Waals surface area contributed by atoms with Gasteiger partial charge in [0.25, 0.3) is 0 Å². The van der Waals surface area contributed by atoms with E-state index in [-0.39, 0.29) is 29.9 Å². The van der Waals surface area contributed by atoms with Crippen molar-refractivity contribution in [1.29, 1.82) is 0 Å². The lowest BCUT2D eigenvalue weighted by molar-refractivity contribution is -0.122. The van der Waals surface area contributed by atoms with Crippen LogP contribution in [0.5, 0.6) is 5.75 Å². The fraction of sp³-hybridized carbons (Fsp3) is 0.500. The predicted molar refractivity (Wildman–Crippen MR) is 117 cm³/mol. The van der Waals surface area contributed by atoms with Gasteiger partial charge in [-0.3, -0.25) is 14.5 Å². The summed E-state index contributed by atoms with van der Waals surface area (Å²) < 4.78 is 6.96. The van der Waals surface area contributed by atoms with Gasteiger partial charge in [0.1, 0.15) is 11.6 Å². The van der Waals surface area contributed by atoms with Crippen molar-refractivity contribution in [3.63, 3.8) is 0 Å². The van der Waals surface area contributed by atoms with Crippen molar-refractivity contribution < 1.29 is 14.3 Å². The molecule has 162 valence electrons. The average molecular weight is 414 g/mol. The molecule has 0 aliphatic carbocycles. The Hall–Kier alpha value is -2.87. The Balaban J connectivity index is 1.61.